The van der Waals surface area contributed by atoms with Crippen LogP contribution in [0, 0.1) is 5.41 Å². The monoisotopic (exact) mass is 267 g/mol. The molecule has 0 spiro atoms. The third kappa shape index (κ3) is 3.31. The number of hydrazine groups is 1. The molecule has 1 aliphatic carbocycles. The maximum atomic E-state index is 11.8. The highest BCUT2D eigenvalue weighted by Gasteiger charge is 2.36. The molecular weight excluding hydrogens is 246 g/mol. The zero-order chi connectivity index (χ0) is 13.2. The summed E-state index contributed by atoms with van der Waals surface area (Å²) >= 11 is 1.77. The molecule has 1 amide bonds. The van der Waals surface area contributed by atoms with E-state index in [9.17, 15) is 4.79 Å². The van der Waals surface area contributed by atoms with E-state index < -0.39 is 5.41 Å². The van der Waals surface area contributed by atoms with Crippen LogP contribution in [0.1, 0.15) is 31.6 Å². The zero-order valence-electron chi connectivity index (χ0n) is 11.0. The summed E-state index contributed by atoms with van der Waals surface area (Å²) in [5, 5.41) is 2.10. The maximum absolute atomic E-state index is 11.8. The van der Waals surface area contributed by atoms with Crippen LogP contribution in [0.25, 0.3) is 0 Å². The Labute approximate surface area is 112 Å². The van der Waals surface area contributed by atoms with E-state index in [0.717, 1.165) is 13.1 Å². The summed E-state index contributed by atoms with van der Waals surface area (Å²) in [6.07, 6.45) is 2.48. The molecule has 1 heterocycles. The molecule has 4 nitrogen and oxygen atoms in total. The number of hydrogen-bond donors (Lipinski definition) is 2. The van der Waals surface area contributed by atoms with Crippen molar-refractivity contribution in [2.45, 2.75) is 39.3 Å². The fourth-order valence-electron chi connectivity index (χ4n) is 2.13. The highest BCUT2D eigenvalue weighted by Crippen LogP contribution is 2.32. The Balaban J connectivity index is 2.00. The molecule has 1 aromatic rings. The van der Waals surface area contributed by atoms with E-state index in [1.54, 1.807) is 11.3 Å². The van der Waals surface area contributed by atoms with Gasteiger partial charge in [0.05, 0.1) is 5.41 Å². The molecule has 0 radical (unpaired) electrons. The molecular formula is C13H21N3OS. The molecule has 2 rings (SSSR count). The van der Waals surface area contributed by atoms with E-state index in [-0.39, 0.29) is 5.91 Å². The van der Waals surface area contributed by atoms with Crippen molar-refractivity contribution in [3.05, 3.63) is 22.4 Å². The second kappa shape index (κ2) is 5.38. The largest absolute Gasteiger partial charge is 0.294 e. The Morgan fingerprint density at radius 2 is 2.33 bits per heavy atom. The van der Waals surface area contributed by atoms with Crippen molar-refractivity contribution in [1.29, 1.82) is 0 Å². The fourth-order valence-corrected chi connectivity index (χ4v) is 2.86. The number of carbonyl (C=O) groups excluding carboxylic acids is 1. The normalized spacial score (nSPS) is 16.0. The molecule has 100 valence electrons. The van der Waals surface area contributed by atoms with Crippen LogP contribution in [0.15, 0.2) is 17.5 Å². The summed E-state index contributed by atoms with van der Waals surface area (Å²) in [7, 11) is 0. The molecule has 1 fully saturated rings. The van der Waals surface area contributed by atoms with Crippen LogP contribution in [-0.4, -0.2) is 23.4 Å². The number of nitrogens with zero attached hydrogens (tertiary/aromatic N) is 1. The van der Waals surface area contributed by atoms with Gasteiger partial charge in [-0.3, -0.25) is 15.1 Å². The second-order valence-corrected chi connectivity index (χ2v) is 6.61. The smallest absolute Gasteiger partial charge is 0.240 e. The Bertz CT molecular complexity index is 398. The average molecular weight is 267 g/mol. The van der Waals surface area contributed by atoms with E-state index in [1.807, 2.05) is 13.8 Å². The van der Waals surface area contributed by atoms with E-state index in [2.05, 4.69) is 27.8 Å². The summed E-state index contributed by atoms with van der Waals surface area (Å²) in [6.45, 7) is 5.57. The number of carbonyl (C=O) groups is 1. The second-order valence-electron chi connectivity index (χ2n) is 5.57. The highest BCUT2D eigenvalue weighted by atomic mass is 32.1. The number of amides is 1. The van der Waals surface area contributed by atoms with E-state index >= 15 is 0 Å². The van der Waals surface area contributed by atoms with Crippen molar-refractivity contribution < 1.29 is 4.79 Å². The molecule has 1 aliphatic rings. The molecule has 0 aliphatic heterocycles. The fraction of sp³-hybridized carbons (Fsp3) is 0.615. The maximum Gasteiger partial charge on any atom is 0.240 e. The molecule has 0 unspecified atom stereocenters. The molecule has 0 saturated heterocycles. The van der Waals surface area contributed by atoms with Crippen LogP contribution in [0.2, 0.25) is 0 Å². The summed E-state index contributed by atoms with van der Waals surface area (Å²) in [4.78, 5) is 15.5. The molecule has 3 N–H and O–H groups in total. The molecule has 1 aromatic heterocycles. The van der Waals surface area contributed by atoms with Crippen molar-refractivity contribution in [3.63, 3.8) is 0 Å². The summed E-state index contributed by atoms with van der Waals surface area (Å²) in [6, 6.07) is 4.86. The minimum absolute atomic E-state index is 0.0978. The summed E-state index contributed by atoms with van der Waals surface area (Å²) < 4.78 is 0. The van der Waals surface area contributed by atoms with E-state index in [0.29, 0.717) is 6.04 Å². The predicted octanol–water partition coefficient (Wildman–Crippen LogP) is 1.73. The van der Waals surface area contributed by atoms with Crippen molar-refractivity contribution in [1.82, 2.24) is 10.3 Å². The first-order valence-electron chi connectivity index (χ1n) is 6.30. The van der Waals surface area contributed by atoms with Crippen molar-refractivity contribution in [2.75, 3.05) is 6.54 Å². The Hall–Kier alpha value is -0.910. The first-order valence-corrected chi connectivity index (χ1v) is 7.18. The average Bonchev–Trinajstić information content (AvgIpc) is 3.06. The number of thiophene rings is 1. The van der Waals surface area contributed by atoms with Gasteiger partial charge in [-0.1, -0.05) is 6.07 Å². The zero-order valence-corrected chi connectivity index (χ0v) is 11.8. The Morgan fingerprint density at radius 1 is 1.61 bits per heavy atom. The third-order valence-corrected chi connectivity index (χ3v) is 4.21. The van der Waals surface area contributed by atoms with Crippen molar-refractivity contribution in [2.24, 2.45) is 11.3 Å². The molecule has 18 heavy (non-hydrogen) atoms. The van der Waals surface area contributed by atoms with Crippen LogP contribution < -0.4 is 11.3 Å². The minimum Gasteiger partial charge on any atom is -0.294 e. The van der Waals surface area contributed by atoms with Gasteiger partial charge in [0.2, 0.25) is 5.91 Å². The first kappa shape index (κ1) is 13.5. The lowest BCUT2D eigenvalue weighted by Crippen LogP contribution is -2.47. The predicted molar refractivity (Wildman–Crippen MR) is 73.9 cm³/mol. The molecule has 5 heteroatoms. The Morgan fingerprint density at radius 3 is 2.83 bits per heavy atom. The number of rotatable bonds is 6. The van der Waals surface area contributed by atoms with Gasteiger partial charge in [0.1, 0.15) is 0 Å². The van der Waals surface area contributed by atoms with E-state index in [1.165, 1.54) is 17.7 Å². The van der Waals surface area contributed by atoms with Gasteiger partial charge in [-0.2, -0.15) is 0 Å². The standard InChI is InChI=1S/C13H21N3OS/c1-13(2,12(17)15-14)9-16(10-5-6-10)8-11-4-3-7-18-11/h3-4,7,10H,5-6,8-9,14H2,1-2H3,(H,15,17). The van der Waals surface area contributed by atoms with E-state index in [4.69, 9.17) is 5.84 Å². The van der Waals surface area contributed by atoms with Crippen LogP contribution in [0.4, 0.5) is 0 Å². The lowest BCUT2D eigenvalue weighted by Gasteiger charge is -2.31. The quantitative estimate of drug-likeness (QED) is 0.469. The van der Waals surface area contributed by atoms with Crippen LogP contribution in [0.3, 0.4) is 0 Å². The number of hydrogen-bond acceptors (Lipinski definition) is 4. The molecule has 0 aromatic carbocycles. The van der Waals surface area contributed by atoms with Gasteiger partial charge < -0.3 is 0 Å². The van der Waals surface area contributed by atoms with Crippen LogP contribution in [-0.2, 0) is 11.3 Å². The molecule has 0 atom stereocenters. The Kier molecular flexibility index (Phi) is 4.04. The SMILES string of the molecule is CC(C)(CN(Cc1cccs1)C1CC1)C(=O)NN. The number of nitrogens with one attached hydrogen (secondary N) is 1. The lowest BCUT2D eigenvalue weighted by atomic mass is 9.91. The highest BCUT2D eigenvalue weighted by molar-refractivity contribution is 7.09. The summed E-state index contributed by atoms with van der Waals surface area (Å²) in [5.41, 5.74) is 1.82. The van der Waals surface area contributed by atoms with Gasteiger partial charge in [0.25, 0.3) is 0 Å². The molecule has 0 bridgehead atoms. The van der Waals surface area contributed by atoms with Gasteiger partial charge in [-0.15, -0.1) is 11.3 Å². The van der Waals surface area contributed by atoms with Crippen LogP contribution >= 0.6 is 11.3 Å². The lowest BCUT2D eigenvalue weighted by molar-refractivity contribution is -0.130. The minimum atomic E-state index is -0.450. The summed E-state index contributed by atoms with van der Waals surface area (Å²) in [5.74, 6) is 5.15. The van der Waals surface area contributed by atoms with Gasteiger partial charge in [-0.05, 0) is 38.1 Å². The molecule has 1 saturated carbocycles. The van der Waals surface area contributed by atoms with Crippen molar-refractivity contribution in [3.8, 4) is 0 Å². The van der Waals surface area contributed by atoms with Gasteiger partial charge in [0.15, 0.2) is 0 Å². The third-order valence-electron chi connectivity index (χ3n) is 3.35. The van der Waals surface area contributed by atoms with Crippen molar-refractivity contribution >= 4 is 17.2 Å². The van der Waals surface area contributed by atoms with Gasteiger partial charge >= 0.3 is 0 Å². The van der Waals surface area contributed by atoms with Crippen LogP contribution in [0.5, 0.6) is 0 Å². The van der Waals surface area contributed by atoms with Gasteiger partial charge in [-0.25, -0.2) is 5.84 Å². The topological polar surface area (TPSA) is 58.4 Å². The first-order chi connectivity index (χ1) is 8.53. The van der Waals surface area contributed by atoms with Gasteiger partial charge in [0, 0.05) is 24.0 Å². The number of nitrogens with two attached hydrogens (primary N) is 1.